The molecule has 4 nitrogen and oxygen atoms in total. The monoisotopic (exact) mass is 333 g/mol. The number of carbonyl (C=O) groups excluding carboxylic acids is 1. The number of nitrogens with one attached hydrogen (secondary N) is 1. The molecule has 1 atom stereocenters. The van der Waals surface area contributed by atoms with Gasteiger partial charge >= 0.3 is 0 Å². The SMILES string of the molecule is CN(C(=O)CCc1ccncc1)C1CCCNCC1.Cl.Cl. The van der Waals surface area contributed by atoms with E-state index in [4.69, 9.17) is 0 Å². The molecule has 1 unspecified atom stereocenters. The second-order valence-corrected chi connectivity index (χ2v) is 5.19. The highest BCUT2D eigenvalue weighted by Crippen LogP contribution is 2.13. The maximum Gasteiger partial charge on any atom is 0.222 e. The first-order valence-electron chi connectivity index (χ1n) is 7.12. The summed E-state index contributed by atoms with van der Waals surface area (Å²) in [5.74, 6) is 0.253. The molecular formula is C15H25Cl2N3O. The van der Waals surface area contributed by atoms with Crippen molar-refractivity contribution in [2.45, 2.75) is 38.1 Å². The number of halogens is 2. The minimum atomic E-state index is 0. The third-order valence-electron chi connectivity index (χ3n) is 3.86. The van der Waals surface area contributed by atoms with E-state index in [1.807, 2.05) is 24.1 Å². The van der Waals surface area contributed by atoms with Crippen LogP contribution in [-0.2, 0) is 11.2 Å². The summed E-state index contributed by atoms with van der Waals surface area (Å²) >= 11 is 0. The van der Waals surface area contributed by atoms with Crippen LogP contribution in [0.15, 0.2) is 24.5 Å². The molecule has 2 rings (SSSR count). The van der Waals surface area contributed by atoms with Gasteiger partial charge in [0.05, 0.1) is 0 Å². The Kier molecular flexibility index (Phi) is 10.4. The molecule has 1 aliphatic heterocycles. The summed E-state index contributed by atoms with van der Waals surface area (Å²) < 4.78 is 0. The molecule has 2 heterocycles. The highest BCUT2D eigenvalue weighted by molar-refractivity contribution is 5.85. The lowest BCUT2D eigenvalue weighted by Crippen LogP contribution is -2.37. The summed E-state index contributed by atoms with van der Waals surface area (Å²) in [5.41, 5.74) is 1.18. The normalized spacial score (nSPS) is 17.9. The van der Waals surface area contributed by atoms with Gasteiger partial charge in [-0.1, -0.05) is 0 Å². The van der Waals surface area contributed by atoms with E-state index in [9.17, 15) is 4.79 Å². The largest absolute Gasteiger partial charge is 0.343 e. The van der Waals surface area contributed by atoms with Crippen molar-refractivity contribution in [1.82, 2.24) is 15.2 Å². The standard InChI is InChI=1S/C15H23N3O.2ClH/c1-18(14-3-2-9-16-12-8-14)15(19)5-4-13-6-10-17-11-7-13;;/h6-7,10-11,14,16H,2-5,8-9,12H2,1H3;2*1H. The maximum absolute atomic E-state index is 12.2. The molecule has 1 saturated heterocycles. The molecule has 0 aliphatic carbocycles. The van der Waals surface area contributed by atoms with Crippen LogP contribution in [0.2, 0.25) is 0 Å². The molecule has 1 N–H and O–H groups in total. The van der Waals surface area contributed by atoms with Gasteiger partial charge in [-0.05, 0) is 56.5 Å². The number of pyridine rings is 1. The second kappa shape index (κ2) is 10.8. The summed E-state index contributed by atoms with van der Waals surface area (Å²) in [6, 6.07) is 4.35. The Balaban J connectivity index is 0.00000200. The molecule has 1 aromatic heterocycles. The number of hydrogen-bond acceptors (Lipinski definition) is 3. The van der Waals surface area contributed by atoms with Crippen molar-refractivity contribution < 1.29 is 4.79 Å². The first-order valence-corrected chi connectivity index (χ1v) is 7.12. The fourth-order valence-corrected chi connectivity index (χ4v) is 2.57. The number of aryl methyl sites for hydroxylation is 1. The number of aromatic nitrogens is 1. The van der Waals surface area contributed by atoms with Crippen LogP contribution in [0.5, 0.6) is 0 Å². The Morgan fingerprint density at radius 3 is 2.71 bits per heavy atom. The van der Waals surface area contributed by atoms with Crippen LogP contribution in [0, 0.1) is 0 Å². The van der Waals surface area contributed by atoms with Crippen molar-refractivity contribution in [3.05, 3.63) is 30.1 Å². The molecule has 0 aromatic carbocycles. The van der Waals surface area contributed by atoms with E-state index < -0.39 is 0 Å². The van der Waals surface area contributed by atoms with E-state index >= 15 is 0 Å². The lowest BCUT2D eigenvalue weighted by atomic mass is 10.1. The molecule has 1 amide bonds. The van der Waals surface area contributed by atoms with E-state index in [2.05, 4.69) is 10.3 Å². The zero-order chi connectivity index (χ0) is 13.5. The van der Waals surface area contributed by atoms with Crippen LogP contribution < -0.4 is 5.32 Å². The highest BCUT2D eigenvalue weighted by atomic mass is 35.5. The van der Waals surface area contributed by atoms with Crippen LogP contribution in [0.1, 0.15) is 31.2 Å². The summed E-state index contributed by atoms with van der Waals surface area (Å²) in [6.07, 6.45) is 8.29. The lowest BCUT2D eigenvalue weighted by Gasteiger charge is -2.27. The molecule has 0 radical (unpaired) electrons. The van der Waals surface area contributed by atoms with Gasteiger partial charge in [0, 0.05) is 31.9 Å². The lowest BCUT2D eigenvalue weighted by molar-refractivity contribution is -0.132. The summed E-state index contributed by atoms with van der Waals surface area (Å²) in [4.78, 5) is 18.2. The number of amides is 1. The van der Waals surface area contributed by atoms with Crippen molar-refractivity contribution in [2.75, 3.05) is 20.1 Å². The predicted molar refractivity (Wildman–Crippen MR) is 90.3 cm³/mol. The molecular weight excluding hydrogens is 309 g/mol. The van der Waals surface area contributed by atoms with Crippen LogP contribution in [0.3, 0.4) is 0 Å². The first-order chi connectivity index (χ1) is 9.27. The average Bonchev–Trinajstić information content (AvgIpc) is 2.74. The van der Waals surface area contributed by atoms with Gasteiger partial charge in [0.2, 0.25) is 5.91 Å². The maximum atomic E-state index is 12.2. The Labute approximate surface area is 139 Å². The quantitative estimate of drug-likeness (QED) is 0.920. The summed E-state index contributed by atoms with van der Waals surface area (Å²) in [7, 11) is 1.95. The van der Waals surface area contributed by atoms with Gasteiger partial charge in [0.15, 0.2) is 0 Å². The van der Waals surface area contributed by atoms with Crippen LogP contribution >= 0.6 is 24.8 Å². The van der Waals surface area contributed by atoms with Gasteiger partial charge < -0.3 is 10.2 Å². The molecule has 1 aromatic rings. The molecule has 21 heavy (non-hydrogen) atoms. The average molecular weight is 334 g/mol. The van der Waals surface area contributed by atoms with Gasteiger partial charge in [-0.3, -0.25) is 9.78 Å². The Bertz CT molecular complexity index is 395. The van der Waals surface area contributed by atoms with Gasteiger partial charge in [-0.15, -0.1) is 24.8 Å². The summed E-state index contributed by atoms with van der Waals surface area (Å²) in [6.45, 7) is 2.10. The molecule has 0 bridgehead atoms. The molecule has 0 spiro atoms. The summed E-state index contributed by atoms with van der Waals surface area (Å²) in [5, 5.41) is 3.38. The zero-order valence-corrected chi connectivity index (χ0v) is 14.1. The Hall–Kier alpha value is -0.840. The number of rotatable bonds is 4. The van der Waals surface area contributed by atoms with Crippen LogP contribution in [0.25, 0.3) is 0 Å². The van der Waals surface area contributed by atoms with E-state index in [0.717, 1.165) is 38.8 Å². The number of nitrogens with zero attached hydrogens (tertiary/aromatic N) is 2. The van der Waals surface area contributed by atoms with E-state index in [0.29, 0.717) is 12.5 Å². The Morgan fingerprint density at radius 1 is 1.29 bits per heavy atom. The van der Waals surface area contributed by atoms with E-state index in [1.54, 1.807) is 12.4 Å². The number of hydrogen-bond donors (Lipinski definition) is 1. The third-order valence-corrected chi connectivity index (χ3v) is 3.86. The molecule has 6 heteroatoms. The van der Waals surface area contributed by atoms with Crippen molar-refractivity contribution in [2.24, 2.45) is 0 Å². The van der Waals surface area contributed by atoms with Crippen molar-refractivity contribution in [1.29, 1.82) is 0 Å². The molecule has 1 aliphatic rings. The smallest absolute Gasteiger partial charge is 0.222 e. The van der Waals surface area contributed by atoms with Crippen molar-refractivity contribution in [3.8, 4) is 0 Å². The highest BCUT2D eigenvalue weighted by Gasteiger charge is 2.20. The third kappa shape index (κ3) is 6.64. The van der Waals surface area contributed by atoms with Gasteiger partial charge in [-0.2, -0.15) is 0 Å². The second-order valence-electron chi connectivity index (χ2n) is 5.19. The van der Waals surface area contributed by atoms with E-state index in [-0.39, 0.29) is 30.7 Å². The molecule has 120 valence electrons. The molecule has 1 fully saturated rings. The first kappa shape index (κ1) is 20.2. The van der Waals surface area contributed by atoms with Crippen LogP contribution in [-0.4, -0.2) is 42.0 Å². The molecule has 0 saturated carbocycles. The van der Waals surface area contributed by atoms with Crippen molar-refractivity contribution >= 4 is 30.7 Å². The van der Waals surface area contributed by atoms with Gasteiger partial charge in [0.25, 0.3) is 0 Å². The fraction of sp³-hybridized carbons (Fsp3) is 0.600. The van der Waals surface area contributed by atoms with Gasteiger partial charge in [-0.25, -0.2) is 0 Å². The topological polar surface area (TPSA) is 45.2 Å². The van der Waals surface area contributed by atoms with Crippen LogP contribution in [0.4, 0.5) is 0 Å². The van der Waals surface area contributed by atoms with Gasteiger partial charge in [0.1, 0.15) is 0 Å². The minimum absolute atomic E-state index is 0. The van der Waals surface area contributed by atoms with E-state index in [1.165, 1.54) is 5.56 Å². The zero-order valence-electron chi connectivity index (χ0n) is 12.5. The number of carbonyl (C=O) groups is 1. The fourth-order valence-electron chi connectivity index (χ4n) is 2.57. The predicted octanol–water partition coefficient (Wildman–Crippen LogP) is 2.46. The van der Waals surface area contributed by atoms with Crippen molar-refractivity contribution in [3.63, 3.8) is 0 Å². The Morgan fingerprint density at radius 2 is 2.00 bits per heavy atom. The minimum Gasteiger partial charge on any atom is -0.343 e.